The Morgan fingerprint density at radius 3 is 2.47 bits per heavy atom. The number of ether oxygens (including phenoxy) is 1. The van der Waals surface area contributed by atoms with Crippen LogP contribution in [0.1, 0.15) is 11.1 Å². The van der Waals surface area contributed by atoms with Gasteiger partial charge in [0.2, 0.25) is 0 Å². The lowest BCUT2D eigenvalue weighted by Crippen LogP contribution is -2.13. The molecule has 0 atom stereocenters. The largest absolute Gasteiger partial charge is 0.495 e. The predicted octanol–water partition coefficient (Wildman–Crippen LogP) is 1.92. The molecule has 0 saturated carbocycles. The summed E-state index contributed by atoms with van der Waals surface area (Å²) >= 11 is 0. The van der Waals surface area contributed by atoms with Gasteiger partial charge in [-0.15, -0.1) is 0 Å². The van der Waals surface area contributed by atoms with Crippen LogP contribution in [0.5, 0.6) is 5.75 Å². The van der Waals surface area contributed by atoms with Crippen LogP contribution in [0.2, 0.25) is 0 Å². The number of alkyl halides is 3. The molecule has 0 spiro atoms. The summed E-state index contributed by atoms with van der Waals surface area (Å²) < 4.78 is 42.6. The van der Waals surface area contributed by atoms with Crippen molar-refractivity contribution in [2.45, 2.75) is 12.6 Å². The Balaban J connectivity index is 3.36. The van der Waals surface area contributed by atoms with Gasteiger partial charge >= 0.3 is 12.1 Å². The molecule has 3 N–H and O–H groups in total. The molecule has 0 aromatic heterocycles. The quantitative estimate of drug-likeness (QED) is 0.803. The van der Waals surface area contributed by atoms with Crippen LogP contribution in [-0.2, 0) is 17.4 Å². The third-order valence-corrected chi connectivity index (χ3v) is 2.10. The number of nitrogens with two attached hydrogens (primary N) is 1. The highest BCUT2D eigenvalue weighted by Gasteiger charge is 2.34. The summed E-state index contributed by atoms with van der Waals surface area (Å²) in [6, 6.07) is 1.67. The van der Waals surface area contributed by atoms with E-state index in [4.69, 9.17) is 15.6 Å². The van der Waals surface area contributed by atoms with Crippen LogP contribution in [-0.4, -0.2) is 18.2 Å². The maximum atomic E-state index is 12.6. The van der Waals surface area contributed by atoms with Crippen molar-refractivity contribution >= 4 is 11.7 Å². The van der Waals surface area contributed by atoms with E-state index in [-0.39, 0.29) is 17.0 Å². The van der Waals surface area contributed by atoms with Crippen molar-refractivity contribution in [1.82, 2.24) is 0 Å². The molecule has 1 aromatic rings. The van der Waals surface area contributed by atoms with E-state index >= 15 is 0 Å². The van der Waals surface area contributed by atoms with Gasteiger partial charge < -0.3 is 15.6 Å². The van der Waals surface area contributed by atoms with E-state index in [1.807, 2.05) is 0 Å². The average Bonchev–Trinajstić information content (AvgIpc) is 2.17. The van der Waals surface area contributed by atoms with Gasteiger partial charge in [0.25, 0.3) is 0 Å². The topological polar surface area (TPSA) is 72.5 Å². The average molecular weight is 249 g/mol. The number of carbonyl (C=O) groups is 1. The number of carboxylic acids is 1. The highest BCUT2D eigenvalue weighted by Crippen LogP contribution is 2.37. The minimum Gasteiger partial charge on any atom is -0.495 e. The molecule has 0 aliphatic heterocycles. The second kappa shape index (κ2) is 4.52. The monoisotopic (exact) mass is 249 g/mol. The zero-order valence-electron chi connectivity index (χ0n) is 8.84. The number of methoxy groups -OCH3 is 1. The number of anilines is 1. The number of halogens is 3. The third kappa shape index (κ3) is 3.02. The van der Waals surface area contributed by atoms with Crippen molar-refractivity contribution in [3.63, 3.8) is 0 Å². The first-order valence-electron chi connectivity index (χ1n) is 4.51. The summed E-state index contributed by atoms with van der Waals surface area (Å²) in [7, 11) is 1.24. The Kier molecular flexibility index (Phi) is 3.50. The number of nitrogen functional groups attached to an aromatic ring is 1. The summed E-state index contributed by atoms with van der Waals surface area (Å²) in [5.74, 6) is -1.34. The van der Waals surface area contributed by atoms with Gasteiger partial charge in [-0.3, -0.25) is 4.79 Å². The molecule has 0 aliphatic carbocycles. The van der Waals surface area contributed by atoms with E-state index < -0.39 is 24.1 Å². The maximum Gasteiger partial charge on any atom is 0.416 e. The second-order valence-corrected chi connectivity index (χ2v) is 3.32. The zero-order valence-corrected chi connectivity index (χ0v) is 8.84. The number of rotatable bonds is 3. The Hall–Kier alpha value is -1.92. The number of carboxylic acid groups (broad SMARTS) is 1. The van der Waals surface area contributed by atoms with Crippen LogP contribution < -0.4 is 10.5 Å². The Morgan fingerprint density at radius 1 is 1.47 bits per heavy atom. The van der Waals surface area contributed by atoms with E-state index in [0.29, 0.717) is 6.07 Å². The molecule has 7 heteroatoms. The lowest BCUT2D eigenvalue weighted by Gasteiger charge is -2.14. The van der Waals surface area contributed by atoms with E-state index in [1.54, 1.807) is 0 Å². The van der Waals surface area contributed by atoms with Gasteiger partial charge in [-0.1, -0.05) is 0 Å². The van der Waals surface area contributed by atoms with Gasteiger partial charge in [-0.05, 0) is 17.7 Å². The van der Waals surface area contributed by atoms with Crippen molar-refractivity contribution in [1.29, 1.82) is 0 Å². The van der Waals surface area contributed by atoms with Crippen LogP contribution in [0.3, 0.4) is 0 Å². The lowest BCUT2D eigenvalue weighted by atomic mass is 10.0. The first-order chi connectivity index (χ1) is 7.75. The molecule has 0 amide bonds. The highest BCUT2D eigenvalue weighted by molar-refractivity contribution is 5.72. The molecule has 0 fully saturated rings. The molecular weight excluding hydrogens is 239 g/mol. The van der Waals surface area contributed by atoms with Crippen LogP contribution >= 0.6 is 0 Å². The number of hydrogen-bond acceptors (Lipinski definition) is 3. The maximum absolute atomic E-state index is 12.6. The SMILES string of the molecule is COc1cc(CC(=O)O)c(C(F)(F)F)cc1N. The molecule has 0 unspecified atom stereocenters. The fourth-order valence-corrected chi connectivity index (χ4v) is 1.39. The molecule has 0 radical (unpaired) electrons. The van der Waals surface area contributed by atoms with Crippen LogP contribution in [0.15, 0.2) is 12.1 Å². The fourth-order valence-electron chi connectivity index (χ4n) is 1.39. The Bertz CT molecular complexity index is 443. The summed E-state index contributed by atoms with van der Waals surface area (Å²) in [5.41, 5.74) is 3.73. The van der Waals surface area contributed by atoms with Crippen molar-refractivity contribution in [3.05, 3.63) is 23.3 Å². The molecule has 0 aliphatic rings. The van der Waals surface area contributed by atoms with Gasteiger partial charge in [0.15, 0.2) is 0 Å². The summed E-state index contributed by atoms with van der Waals surface area (Å²) in [4.78, 5) is 10.5. The summed E-state index contributed by atoms with van der Waals surface area (Å²) in [5, 5.41) is 8.55. The summed E-state index contributed by atoms with van der Waals surface area (Å²) in [6.45, 7) is 0. The standard InChI is InChI=1S/C10H10F3NO3/c1-17-8-2-5(3-9(15)16)6(4-7(8)14)10(11,12)13/h2,4H,3,14H2,1H3,(H,15,16). The predicted molar refractivity (Wildman–Crippen MR) is 53.7 cm³/mol. The van der Waals surface area contributed by atoms with Gasteiger partial charge in [-0.25, -0.2) is 0 Å². The van der Waals surface area contributed by atoms with Crippen LogP contribution in [0, 0.1) is 0 Å². The normalized spacial score (nSPS) is 11.3. The highest BCUT2D eigenvalue weighted by atomic mass is 19.4. The smallest absolute Gasteiger partial charge is 0.416 e. The van der Waals surface area contributed by atoms with Crippen LogP contribution in [0.25, 0.3) is 0 Å². The van der Waals surface area contributed by atoms with E-state index in [0.717, 1.165) is 6.07 Å². The van der Waals surface area contributed by atoms with Gasteiger partial charge in [0, 0.05) is 0 Å². The molecule has 0 heterocycles. The molecule has 94 valence electrons. The van der Waals surface area contributed by atoms with Crippen LogP contribution in [0.4, 0.5) is 18.9 Å². The number of aliphatic carboxylic acids is 1. The van der Waals surface area contributed by atoms with E-state index in [9.17, 15) is 18.0 Å². The van der Waals surface area contributed by atoms with E-state index in [2.05, 4.69) is 0 Å². The van der Waals surface area contributed by atoms with Gasteiger partial charge in [0.05, 0.1) is 24.8 Å². The first kappa shape index (κ1) is 13.1. The second-order valence-electron chi connectivity index (χ2n) is 3.32. The minimum atomic E-state index is -4.65. The number of benzene rings is 1. The van der Waals surface area contributed by atoms with Crippen molar-refractivity contribution in [3.8, 4) is 5.75 Å². The van der Waals surface area contributed by atoms with Crippen molar-refractivity contribution in [2.24, 2.45) is 0 Å². The third-order valence-electron chi connectivity index (χ3n) is 2.10. The molecular formula is C10H10F3NO3. The zero-order chi connectivity index (χ0) is 13.2. The summed E-state index contributed by atoms with van der Waals surface area (Å²) in [6.07, 6.45) is -5.39. The molecule has 17 heavy (non-hydrogen) atoms. The van der Waals surface area contributed by atoms with Gasteiger partial charge in [0.1, 0.15) is 5.75 Å². The Labute approximate surface area is 94.8 Å². The lowest BCUT2D eigenvalue weighted by molar-refractivity contribution is -0.139. The molecule has 1 rings (SSSR count). The molecule has 0 bridgehead atoms. The molecule has 1 aromatic carbocycles. The van der Waals surface area contributed by atoms with Gasteiger partial charge in [-0.2, -0.15) is 13.2 Å². The fraction of sp³-hybridized carbons (Fsp3) is 0.300. The van der Waals surface area contributed by atoms with Crippen molar-refractivity contribution in [2.75, 3.05) is 12.8 Å². The molecule has 4 nitrogen and oxygen atoms in total. The molecule has 0 saturated heterocycles. The first-order valence-corrected chi connectivity index (χ1v) is 4.51. The minimum absolute atomic E-state index is 0.0225. The van der Waals surface area contributed by atoms with Crippen molar-refractivity contribution < 1.29 is 27.8 Å². The number of hydrogen-bond donors (Lipinski definition) is 2. The Morgan fingerprint density at radius 2 is 2.06 bits per heavy atom. The van der Waals surface area contributed by atoms with E-state index in [1.165, 1.54) is 7.11 Å².